The van der Waals surface area contributed by atoms with E-state index in [9.17, 15) is 5.11 Å². The van der Waals surface area contributed by atoms with Gasteiger partial charge in [0, 0.05) is 4.90 Å². The minimum Gasteiger partial charge on any atom is -0.384 e. The first-order valence-electron chi connectivity index (χ1n) is 6.54. The maximum atomic E-state index is 10.5. The number of benzene rings is 2. The fraction of sp³-hybridized carbons (Fsp3) is 0.294. The van der Waals surface area contributed by atoms with Crippen LogP contribution in [0.25, 0.3) is 0 Å². The van der Waals surface area contributed by atoms with Gasteiger partial charge in [-0.05, 0) is 34.9 Å². The number of rotatable bonds is 4. The second kappa shape index (κ2) is 6.27. The van der Waals surface area contributed by atoms with Crippen molar-refractivity contribution >= 4 is 11.8 Å². The predicted molar refractivity (Wildman–Crippen MR) is 82.8 cm³/mol. The van der Waals surface area contributed by atoms with Gasteiger partial charge in [0.2, 0.25) is 0 Å². The van der Waals surface area contributed by atoms with Gasteiger partial charge in [-0.25, -0.2) is 0 Å². The Kier molecular flexibility index (Phi) is 4.67. The first-order chi connectivity index (χ1) is 9.13. The third-order valence-electron chi connectivity index (χ3n) is 3.35. The van der Waals surface area contributed by atoms with Gasteiger partial charge in [0.05, 0.1) is 0 Å². The number of hydrogen-bond donors (Lipinski definition) is 1. The zero-order valence-electron chi connectivity index (χ0n) is 11.6. The summed E-state index contributed by atoms with van der Waals surface area (Å²) >= 11 is 1.67. The van der Waals surface area contributed by atoms with Gasteiger partial charge in [-0.3, -0.25) is 0 Å². The molecule has 0 aliphatic carbocycles. The van der Waals surface area contributed by atoms with Crippen LogP contribution in [0.4, 0.5) is 0 Å². The molecule has 1 unspecified atom stereocenters. The molecule has 2 aromatic carbocycles. The van der Waals surface area contributed by atoms with Crippen LogP contribution in [0.2, 0.25) is 0 Å². The van der Waals surface area contributed by atoms with Gasteiger partial charge in [-0.1, -0.05) is 56.3 Å². The summed E-state index contributed by atoms with van der Waals surface area (Å²) in [5.74, 6) is 0.518. The van der Waals surface area contributed by atoms with Crippen molar-refractivity contribution < 1.29 is 5.11 Å². The molecule has 0 fully saturated rings. The summed E-state index contributed by atoms with van der Waals surface area (Å²) in [5, 5.41) is 10.5. The quantitative estimate of drug-likeness (QED) is 0.820. The van der Waals surface area contributed by atoms with Crippen LogP contribution in [0.3, 0.4) is 0 Å². The van der Waals surface area contributed by atoms with Gasteiger partial charge < -0.3 is 5.11 Å². The van der Waals surface area contributed by atoms with Crippen molar-refractivity contribution in [2.24, 2.45) is 0 Å². The Morgan fingerprint density at radius 2 is 1.47 bits per heavy atom. The van der Waals surface area contributed by atoms with Crippen LogP contribution in [0.5, 0.6) is 0 Å². The first-order valence-corrected chi connectivity index (χ1v) is 7.76. The molecule has 2 heteroatoms. The molecule has 100 valence electrons. The minimum absolute atomic E-state index is 0.518. The average molecular weight is 272 g/mol. The van der Waals surface area contributed by atoms with E-state index < -0.39 is 6.10 Å². The summed E-state index contributed by atoms with van der Waals surface area (Å²) < 4.78 is 0. The lowest BCUT2D eigenvalue weighted by atomic mass is 9.97. The van der Waals surface area contributed by atoms with Crippen molar-refractivity contribution in [3.8, 4) is 0 Å². The molecule has 1 atom stereocenters. The van der Waals surface area contributed by atoms with Gasteiger partial charge >= 0.3 is 0 Å². The van der Waals surface area contributed by atoms with Crippen LogP contribution < -0.4 is 0 Å². The third kappa shape index (κ3) is 3.20. The lowest BCUT2D eigenvalue weighted by Crippen LogP contribution is -2.01. The zero-order chi connectivity index (χ0) is 13.8. The Balaban J connectivity index is 2.30. The molecule has 0 heterocycles. The number of aliphatic hydroxyl groups excluding tert-OH is 1. The van der Waals surface area contributed by atoms with Gasteiger partial charge in [0.1, 0.15) is 6.10 Å². The van der Waals surface area contributed by atoms with Crippen molar-refractivity contribution in [2.45, 2.75) is 30.8 Å². The van der Waals surface area contributed by atoms with Crippen molar-refractivity contribution in [1.29, 1.82) is 0 Å². The zero-order valence-corrected chi connectivity index (χ0v) is 12.4. The molecule has 0 radical (unpaired) electrons. The highest BCUT2D eigenvalue weighted by Crippen LogP contribution is 2.30. The molecule has 0 bridgehead atoms. The number of hydrogen-bond acceptors (Lipinski definition) is 2. The van der Waals surface area contributed by atoms with E-state index in [0.717, 1.165) is 16.0 Å². The van der Waals surface area contributed by atoms with Crippen molar-refractivity contribution in [3.05, 3.63) is 65.2 Å². The molecule has 1 N–H and O–H groups in total. The normalized spacial score (nSPS) is 12.7. The van der Waals surface area contributed by atoms with Gasteiger partial charge in [-0.15, -0.1) is 11.8 Å². The van der Waals surface area contributed by atoms with Crippen LogP contribution in [-0.2, 0) is 0 Å². The van der Waals surface area contributed by atoms with Crippen LogP contribution in [-0.4, -0.2) is 11.4 Å². The molecule has 2 aromatic rings. The monoisotopic (exact) mass is 272 g/mol. The Morgan fingerprint density at radius 1 is 0.895 bits per heavy atom. The molecular weight excluding hydrogens is 252 g/mol. The maximum Gasteiger partial charge on any atom is 0.105 e. The summed E-state index contributed by atoms with van der Waals surface area (Å²) in [4.78, 5) is 1.13. The highest BCUT2D eigenvalue weighted by molar-refractivity contribution is 7.98. The fourth-order valence-electron chi connectivity index (χ4n) is 2.14. The molecule has 1 nitrogen and oxygen atoms in total. The highest BCUT2D eigenvalue weighted by Gasteiger charge is 2.14. The van der Waals surface area contributed by atoms with E-state index in [0.29, 0.717) is 5.92 Å². The molecular formula is C17H20OS. The molecule has 0 aromatic heterocycles. The number of aliphatic hydroxyl groups is 1. The summed E-state index contributed by atoms with van der Waals surface area (Å²) in [7, 11) is 0. The standard InChI is InChI=1S/C17H20OS/c1-12(2)13-8-10-14(11-9-13)17(18)15-6-4-5-7-16(15)19-3/h4-12,17-18H,1-3H3. The van der Waals surface area contributed by atoms with E-state index in [1.807, 2.05) is 42.7 Å². The molecule has 0 aliphatic heterocycles. The van der Waals surface area contributed by atoms with Crippen LogP contribution in [0.15, 0.2) is 53.4 Å². The Labute approximate surface area is 119 Å². The van der Waals surface area contributed by atoms with Gasteiger partial charge in [0.25, 0.3) is 0 Å². The summed E-state index contributed by atoms with van der Waals surface area (Å²) in [6, 6.07) is 16.3. The molecule has 0 aliphatic rings. The predicted octanol–water partition coefficient (Wildman–Crippen LogP) is 4.61. The van der Waals surface area contributed by atoms with E-state index in [1.54, 1.807) is 11.8 Å². The SMILES string of the molecule is CSc1ccccc1C(O)c1ccc(C(C)C)cc1. The van der Waals surface area contributed by atoms with Gasteiger partial charge in [0.15, 0.2) is 0 Å². The van der Waals surface area contributed by atoms with Crippen molar-refractivity contribution in [1.82, 2.24) is 0 Å². The van der Waals surface area contributed by atoms with E-state index in [2.05, 4.69) is 26.0 Å². The molecule has 19 heavy (non-hydrogen) atoms. The molecule has 0 amide bonds. The van der Waals surface area contributed by atoms with Crippen molar-refractivity contribution in [3.63, 3.8) is 0 Å². The second-order valence-corrected chi connectivity index (χ2v) is 5.81. The van der Waals surface area contributed by atoms with Crippen LogP contribution >= 0.6 is 11.8 Å². The average Bonchev–Trinajstić information content (AvgIpc) is 2.46. The Morgan fingerprint density at radius 3 is 2.05 bits per heavy atom. The minimum atomic E-state index is -0.551. The highest BCUT2D eigenvalue weighted by atomic mass is 32.2. The molecule has 0 saturated heterocycles. The van der Waals surface area contributed by atoms with Crippen molar-refractivity contribution in [2.75, 3.05) is 6.26 Å². The number of thioether (sulfide) groups is 1. The fourth-order valence-corrected chi connectivity index (χ4v) is 2.77. The Bertz CT molecular complexity index is 531. The largest absolute Gasteiger partial charge is 0.384 e. The van der Waals surface area contributed by atoms with E-state index in [-0.39, 0.29) is 0 Å². The molecule has 0 spiro atoms. The van der Waals surface area contributed by atoms with E-state index in [4.69, 9.17) is 0 Å². The smallest absolute Gasteiger partial charge is 0.105 e. The summed E-state index contributed by atoms with van der Waals surface area (Å²) in [6.07, 6.45) is 1.48. The van der Waals surface area contributed by atoms with E-state index in [1.165, 1.54) is 5.56 Å². The van der Waals surface area contributed by atoms with Gasteiger partial charge in [-0.2, -0.15) is 0 Å². The first kappa shape index (κ1) is 14.2. The Hall–Kier alpha value is -1.25. The second-order valence-electron chi connectivity index (χ2n) is 4.97. The lowest BCUT2D eigenvalue weighted by Gasteiger charge is -2.15. The lowest BCUT2D eigenvalue weighted by molar-refractivity contribution is 0.217. The van der Waals surface area contributed by atoms with Crippen LogP contribution in [0.1, 0.15) is 42.6 Å². The summed E-state index contributed by atoms with van der Waals surface area (Å²) in [6.45, 7) is 4.35. The summed E-state index contributed by atoms with van der Waals surface area (Å²) in [5.41, 5.74) is 3.23. The van der Waals surface area contributed by atoms with E-state index >= 15 is 0 Å². The third-order valence-corrected chi connectivity index (χ3v) is 4.16. The molecule has 0 saturated carbocycles. The molecule has 2 rings (SSSR count). The van der Waals surface area contributed by atoms with Crippen LogP contribution in [0, 0.1) is 0 Å². The topological polar surface area (TPSA) is 20.2 Å². The maximum absolute atomic E-state index is 10.5.